The standard InChI is InChI=1S/C11H14N2O5/c1-7(6-14)12-11(15)8-3-4-9(13(16)17)10(5-8)18-2/h3-5,7,14H,6H2,1-2H3,(H,12,15)/t7-/m0/s1. The minimum atomic E-state index is -0.586. The van der Waals surface area contributed by atoms with E-state index in [1.165, 1.54) is 25.3 Å². The first-order valence-electron chi connectivity index (χ1n) is 5.23. The monoisotopic (exact) mass is 254 g/mol. The number of amides is 1. The smallest absolute Gasteiger partial charge is 0.310 e. The summed E-state index contributed by atoms with van der Waals surface area (Å²) in [6.45, 7) is 1.45. The summed E-state index contributed by atoms with van der Waals surface area (Å²) in [5, 5.41) is 22.0. The molecule has 0 aromatic heterocycles. The minimum Gasteiger partial charge on any atom is -0.490 e. The third kappa shape index (κ3) is 3.17. The number of aliphatic hydroxyl groups is 1. The summed E-state index contributed by atoms with van der Waals surface area (Å²) in [4.78, 5) is 21.8. The van der Waals surface area contributed by atoms with Crippen molar-refractivity contribution >= 4 is 11.6 Å². The van der Waals surface area contributed by atoms with E-state index < -0.39 is 16.9 Å². The highest BCUT2D eigenvalue weighted by molar-refractivity contribution is 5.95. The molecular formula is C11H14N2O5. The van der Waals surface area contributed by atoms with Crippen molar-refractivity contribution in [2.75, 3.05) is 13.7 Å². The predicted molar refractivity (Wildman–Crippen MR) is 63.7 cm³/mol. The Labute approximate surface area is 104 Å². The molecule has 0 aliphatic carbocycles. The first-order chi connectivity index (χ1) is 8.49. The van der Waals surface area contributed by atoms with Crippen LogP contribution in [0.1, 0.15) is 17.3 Å². The second-order valence-electron chi connectivity index (χ2n) is 3.70. The van der Waals surface area contributed by atoms with E-state index in [9.17, 15) is 14.9 Å². The average molecular weight is 254 g/mol. The van der Waals surface area contributed by atoms with Gasteiger partial charge < -0.3 is 15.2 Å². The molecular weight excluding hydrogens is 240 g/mol. The van der Waals surface area contributed by atoms with E-state index in [1.807, 2.05) is 0 Å². The number of nitro groups is 1. The molecule has 0 unspecified atom stereocenters. The second kappa shape index (κ2) is 5.97. The number of nitro benzene ring substituents is 1. The van der Waals surface area contributed by atoms with Crippen LogP contribution in [0.3, 0.4) is 0 Å². The van der Waals surface area contributed by atoms with Crippen molar-refractivity contribution in [2.45, 2.75) is 13.0 Å². The van der Waals surface area contributed by atoms with Crippen LogP contribution in [-0.2, 0) is 0 Å². The number of carbonyl (C=O) groups is 1. The SMILES string of the molecule is COc1cc(C(=O)N[C@@H](C)CO)ccc1[N+](=O)[O-]. The van der Waals surface area contributed by atoms with E-state index in [-0.39, 0.29) is 23.6 Å². The lowest BCUT2D eigenvalue weighted by molar-refractivity contribution is -0.385. The Morgan fingerprint density at radius 2 is 2.28 bits per heavy atom. The van der Waals surface area contributed by atoms with Crippen molar-refractivity contribution in [3.05, 3.63) is 33.9 Å². The van der Waals surface area contributed by atoms with Crippen LogP contribution in [0.5, 0.6) is 5.75 Å². The normalized spacial score (nSPS) is 11.7. The zero-order valence-corrected chi connectivity index (χ0v) is 10.0. The molecule has 0 spiro atoms. The molecule has 2 N–H and O–H groups in total. The molecule has 98 valence electrons. The Kier molecular flexibility index (Phi) is 4.61. The molecule has 1 amide bonds. The van der Waals surface area contributed by atoms with Crippen molar-refractivity contribution in [2.24, 2.45) is 0 Å². The molecule has 1 aromatic rings. The van der Waals surface area contributed by atoms with Crippen LogP contribution in [0.15, 0.2) is 18.2 Å². The Morgan fingerprint density at radius 3 is 2.78 bits per heavy atom. The summed E-state index contributed by atoms with van der Waals surface area (Å²) < 4.78 is 4.86. The number of aliphatic hydroxyl groups excluding tert-OH is 1. The van der Waals surface area contributed by atoms with Gasteiger partial charge in [0, 0.05) is 23.7 Å². The quantitative estimate of drug-likeness (QED) is 0.595. The lowest BCUT2D eigenvalue weighted by atomic mass is 10.1. The van der Waals surface area contributed by atoms with Crippen LogP contribution in [-0.4, -0.2) is 35.7 Å². The molecule has 0 radical (unpaired) electrons. The van der Waals surface area contributed by atoms with E-state index in [1.54, 1.807) is 6.92 Å². The van der Waals surface area contributed by atoms with Gasteiger partial charge in [-0.3, -0.25) is 14.9 Å². The molecule has 0 bridgehead atoms. The number of rotatable bonds is 5. The molecule has 18 heavy (non-hydrogen) atoms. The number of hydrogen-bond acceptors (Lipinski definition) is 5. The second-order valence-corrected chi connectivity index (χ2v) is 3.70. The van der Waals surface area contributed by atoms with E-state index in [4.69, 9.17) is 9.84 Å². The molecule has 0 aliphatic heterocycles. The van der Waals surface area contributed by atoms with Gasteiger partial charge in [-0.2, -0.15) is 0 Å². The van der Waals surface area contributed by atoms with Gasteiger partial charge in [-0.15, -0.1) is 0 Å². The van der Waals surface area contributed by atoms with Crippen LogP contribution in [0.2, 0.25) is 0 Å². The van der Waals surface area contributed by atoms with E-state index in [0.29, 0.717) is 0 Å². The fourth-order valence-corrected chi connectivity index (χ4v) is 1.32. The Morgan fingerprint density at radius 1 is 1.61 bits per heavy atom. The summed E-state index contributed by atoms with van der Waals surface area (Å²) >= 11 is 0. The molecule has 0 fully saturated rings. The van der Waals surface area contributed by atoms with Crippen LogP contribution in [0.25, 0.3) is 0 Å². The summed E-state index contributed by atoms with van der Waals surface area (Å²) in [5.41, 5.74) is 0.0296. The van der Waals surface area contributed by atoms with Gasteiger partial charge in [0.25, 0.3) is 5.91 Å². The van der Waals surface area contributed by atoms with Crippen LogP contribution in [0.4, 0.5) is 5.69 Å². The summed E-state index contributed by atoms with van der Waals surface area (Å²) in [5.74, 6) is -0.408. The van der Waals surface area contributed by atoms with Gasteiger partial charge >= 0.3 is 5.69 Å². The van der Waals surface area contributed by atoms with Gasteiger partial charge in [-0.25, -0.2) is 0 Å². The molecule has 1 rings (SSSR count). The van der Waals surface area contributed by atoms with E-state index in [0.717, 1.165) is 0 Å². The fourth-order valence-electron chi connectivity index (χ4n) is 1.32. The largest absolute Gasteiger partial charge is 0.490 e. The zero-order valence-electron chi connectivity index (χ0n) is 10.0. The summed E-state index contributed by atoms with van der Waals surface area (Å²) in [6.07, 6.45) is 0. The van der Waals surface area contributed by atoms with Gasteiger partial charge in [-0.1, -0.05) is 0 Å². The first kappa shape index (κ1) is 13.9. The highest BCUT2D eigenvalue weighted by atomic mass is 16.6. The number of nitrogens with zero attached hydrogens (tertiary/aromatic N) is 1. The summed E-state index contributed by atoms with van der Waals surface area (Å²) in [6, 6.07) is 3.44. The maximum atomic E-state index is 11.7. The van der Waals surface area contributed by atoms with Crippen molar-refractivity contribution in [3.8, 4) is 5.75 Å². The molecule has 0 saturated carbocycles. The maximum absolute atomic E-state index is 11.7. The van der Waals surface area contributed by atoms with Gasteiger partial charge in [-0.05, 0) is 13.0 Å². The molecule has 0 aliphatic rings. The van der Waals surface area contributed by atoms with Crippen molar-refractivity contribution in [1.29, 1.82) is 0 Å². The summed E-state index contributed by atoms with van der Waals surface area (Å²) in [7, 11) is 1.29. The minimum absolute atomic E-state index is 0.0179. The highest BCUT2D eigenvalue weighted by Crippen LogP contribution is 2.27. The third-order valence-corrected chi connectivity index (χ3v) is 2.29. The molecule has 1 aromatic carbocycles. The predicted octanol–water partition coefficient (Wildman–Crippen LogP) is 0.714. The average Bonchev–Trinajstić information content (AvgIpc) is 2.37. The number of methoxy groups -OCH3 is 1. The Balaban J connectivity index is 2.98. The Bertz CT molecular complexity index is 461. The van der Waals surface area contributed by atoms with Crippen LogP contribution < -0.4 is 10.1 Å². The fraction of sp³-hybridized carbons (Fsp3) is 0.364. The number of carbonyl (C=O) groups excluding carboxylic acids is 1. The topological polar surface area (TPSA) is 102 Å². The van der Waals surface area contributed by atoms with Gasteiger partial charge in [0.1, 0.15) is 0 Å². The zero-order chi connectivity index (χ0) is 13.7. The first-order valence-corrected chi connectivity index (χ1v) is 5.23. The maximum Gasteiger partial charge on any atom is 0.310 e. The number of nitrogens with one attached hydrogen (secondary N) is 1. The van der Waals surface area contributed by atoms with Gasteiger partial charge in [0.2, 0.25) is 0 Å². The lowest BCUT2D eigenvalue weighted by Crippen LogP contribution is -2.34. The van der Waals surface area contributed by atoms with Crippen LogP contribution >= 0.6 is 0 Å². The van der Waals surface area contributed by atoms with E-state index in [2.05, 4.69) is 5.32 Å². The molecule has 1 atom stereocenters. The van der Waals surface area contributed by atoms with Gasteiger partial charge in [0.15, 0.2) is 5.75 Å². The molecule has 0 saturated heterocycles. The van der Waals surface area contributed by atoms with Crippen molar-refractivity contribution < 1.29 is 19.6 Å². The van der Waals surface area contributed by atoms with Crippen molar-refractivity contribution in [3.63, 3.8) is 0 Å². The number of hydrogen-bond donors (Lipinski definition) is 2. The Hall–Kier alpha value is -2.15. The third-order valence-electron chi connectivity index (χ3n) is 2.29. The number of ether oxygens (including phenoxy) is 1. The molecule has 7 heteroatoms. The number of benzene rings is 1. The molecule has 7 nitrogen and oxygen atoms in total. The van der Waals surface area contributed by atoms with Crippen LogP contribution in [0, 0.1) is 10.1 Å². The van der Waals surface area contributed by atoms with E-state index >= 15 is 0 Å². The molecule has 0 heterocycles. The van der Waals surface area contributed by atoms with Gasteiger partial charge in [0.05, 0.1) is 18.6 Å². The highest BCUT2D eigenvalue weighted by Gasteiger charge is 2.18. The lowest BCUT2D eigenvalue weighted by Gasteiger charge is -2.11. The van der Waals surface area contributed by atoms with Crippen molar-refractivity contribution in [1.82, 2.24) is 5.32 Å².